The van der Waals surface area contributed by atoms with Crippen molar-refractivity contribution < 1.29 is 9.47 Å². The van der Waals surface area contributed by atoms with E-state index in [4.69, 9.17) is 9.47 Å². The summed E-state index contributed by atoms with van der Waals surface area (Å²) in [7, 11) is 1.75. The molecule has 94 valence electrons. The van der Waals surface area contributed by atoms with Gasteiger partial charge in [-0.05, 0) is 19.3 Å². The van der Waals surface area contributed by atoms with E-state index in [0.717, 1.165) is 19.3 Å². The van der Waals surface area contributed by atoms with E-state index in [-0.39, 0.29) is 0 Å². The van der Waals surface area contributed by atoms with Crippen LogP contribution in [0.25, 0.3) is 0 Å². The third-order valence-electron chi connectivity index (χ3n) is 2.85. The summed E-state index contributed by atoms with van der Waals surface area (Å²) in [6, 6.07) is 2.20. The van der Waals surface area contributed by atoms with Gasteiger partial charge in [0.05, 0.1) is 12.7 Å². The molecule has 0 aromatic carbocycles. The van der Waals surface area contributed by atoms with Crippen molar-refractivity contribution in [3.63, 3.8) is 0 Å². The molecular formula is C12H19N3O2. The molecule has 1 aromatic rings. The van der Waals surface area contributed by atoms with Crippen LogP contribution in [-0.2, 0) is 4.74 Å². The highest BCUT2D eigenvalue weighted by Gasteiger charge is 2.29. The maximum Gasteiger partial charge on any atom is 0.226 e. The first-order valence-corrected chi connectivity index (χ1v) is 6.07. The van der Waals surface area contributed by atoms with Gasteiger partial charge in [-0.1, -0.05) is 6.92 Å². The van der Waals surface area contributed by atoms with E-state index in [0.29, 0.717) is 30.6 Å². The Balaban J connectivity index is 1.84. The first-order valence-electron chi connectivity index (χ1n) is 6.07. The van der Waals surface area contributed by atoms with E-state index in [9.17, 15) is 0 Å². The summed E-state index contributed by atoms with van der Waals surface area (Å²) in [5, 5.41) is 3.28. The van der Waals surface area contributed by atoms with Crippen LogP contribution in [0.15, 0.2) is 12.3 Å². The van der Waals surface area contributed by atoms with Crippen LogP contribution in [-0.4, -0.2) is 35.8 Å². The third kappa shape index (κ3) is 3.30. The quantitative estimate of drug-likeness (QED) is 0.818. The largest absolute Gasteiger partial charge is 0.478 e. The minimum atomic E-state index is 0.382. The lowest BCUT2D eigenvalue weighted by atomic mass is 9.89. The van der Waals surface area contributed by atoms with Gasteiger partial charge >= 0.3 is 0 Å². The summed E-state index contributed by atoms with van der Waals surface area (Å²) in [5.41, 5.74) is 0. The molecular weight excluding hydrogens is 218 g/mol. The lowest BCUT2D eigenvalue weighted by Crippen LogP contribution is -2.40. The highest BCUT2D eigenvalue weighted by Crippen LogP contribution is 2.25. The number of nitrogens with one attached hydrogen (secondary N) is 1. The van der Waals surface area contributed by atoms with Crippen LogP contribution in [0.5, 0.6) is 5.88 Å². The van der Waals surface area contributed by atoms with Crippen LogP contribution in [0, 0.1) is 0 Å². The van der Waals surface area contributed by atoms with Crippen molar-refractivity contribution in [3.8, 4) is 5.88 Å². The van der Waals surface area contributed by atoms with Gasteiger partial charge in [-0.3, -0.25) is 0 Å². The van der Waals surface area contributed by atoms with Crippen LogP contribution >= 0.6 is 0 Å². The summed E-state index contributed by atoms with van der Waals surface area (Å²) in [6.45, 7) is 2.76. The molecule has 1 saturated carbocycles. The van der Waals surface area contributed by atoms with Crippen molar-refractivity contribution in [1.82, 2.24) is 9.97 Å². The SMILES string of the molecule is CCCOc1ccnc(NC2CC(OC)C2)n1. The van der Waals surface area contributed by atoms with Gasteiger partial charge in [-0.25, -0.2) is 4.98 Å². The molecule has 5 nitrogen and oxygen atoms in total. The molecule has 17 heavy (non-hydrogen) atoms. The van der Waals surface area contributed by atoms with Crippen LogP contribution in [0.1, 0.15) is 26.2 Å². The van der Waals surface area contributed by atoms with Crippen molar-refractivity contribution in [2.75, 3.05) is 19.0 Å². The van der Waals surface area contributed by atoms with Crippen LogP contribution in [0.4, 0.5) is 5.95 Å². The zero-order chi connectivity index (χ0) is 12.1. The number of aromatic nitrogens is 2. The smallest absolute Gasteiger partial charge is 0.226 e. The summed E-state index contributed by atoms with van der Waals surface area (Å²) in [6.07, 6.45) is 5.10. The Morgan fingerprint density at radius 3 is 3.00 bits per heavy atom. The van der Waals surface area contributed by atoms with E-state index in [2.05, 4.69) is 22.2 Å². The summed E-state index contributed by atoms with van der Waals surface area (Å²) in [5.74, 6) is 1.27. The minimum absolute atomic E-state index is 0.382. The molecule has 2 rings (SSSR count). The highest BCUT2D eigenvalue weighted by atomic mass is 16.5. The van der Waals surface area contributed by atoms with Crippen molar-refractivity contribution in [3.05, 3.63) is 12.3 Å². The van der Waals surface area contributed by atoms with Gasteiger partial charge in [0.2, 0.25) is 11.8 Å². The molecule has 0 amide bonds. The maximum absolute atomic E-state index is 5.46. The normalized spacial score (nSPS) is 22.9. The fourth-order valence-electron chi connectivity index (χ4n) is 1.76. The van der Waals surface area contributed by atoms with Gasteiger partial charge in [-0.15, -0.1) is 0 Å². The van der Waals surface area contributed by atoms with Gasteiger partial charge in [0.1, 0.15) is 0 Å². The van der Waals surface area contributed by atoms with Crippen molar-refractivity contribution in [1.29, 1.82) is 0 Å². The van der Waals surface area contributed by atoms with Gasteiger partial charge in [0, 0.05) is 25.4 Å². The number of ether oxygens (including phenoxy) is 2. The minimum Gasteiger partial charge on any atom is -0.478 e. The molecule has 0 spiro atoms. The molecule has 0 unspecified atom stereocenters. The molecule has 5 heteroatoms. The first-order chi connectivity index (χ1) is 8.31. The molecule has 1 N–H and O–H groups in total. The molecule has 1 fully saturated rings. The Bertz CT molecular complexity index is 353. The Labute approximate surface area is 102 Å². The second-order valence-electron chi connectivity index (χ2n) is 4.24. The Morgan fingerprint density at radius 2 is 2.29 bits per heavy atom. The number of methoxy groups -OCH3 is 1. The predicted octanol–water partition coefficient (Wildman–Crippen LogP) is 1.85. The molecule has 0 atom stereocenters. The van der Waals surface area contributed by atoms with Crippen molar-refractivity contribution in [2.24, 2.45) is 0 Å². The molecule has 1 aliphatic rings. The fourth-order valence-corrected chi connectivity index (χ4v) is 1.76. The van der Waals surface area contributed by atoms with Gasteiger partial charge in [0.25, 0.3) is 0 Å². The monoisotopic (exact) mass is 237 g/mol. The Morgan fingerprint density at radius 1 is 1.47 bits per heavy atom. The number of hydrogen-bond acceptors (Lipinski definition) is 5. The average molecular weight is 237 g/mol. The Kier molecular flexibility index (Phi) is 4.14. The number of nitrogens with zero attached hydrogens (tertiary/aromatic N) is 2. The van der Waals surface area contributed by atoms with E-state index >= 15 is 0 Å². The topological polar surface area (TPSA) is 56.3 Å². The van der Waals surface area contributed by atoms with E-state index < -0.39 is 0 Å². The average Bonchev–Trinajstić information content (AvgIpc) is 2.31. The number of anilines is 1. The summed E-state index contributed by atoms with van der Waals surface area (Å²) < 4.78 is 10.7. The van der Waals surface area contributed by atoms with Crippen molar-refractivity contribution in [2.45, 2.75) is 38.3 Å². The van der Waals surface area contributed by atoms with E-state index in [1.54, 1.807) is 19.4 Å². The molecule has 0 radical (unpaired) electrons. The fraction of sp³-hybridized carbons (Fsp3) is 0.667. The molecule has 1 heterocycles. The molecule has 1 aliphatic carbocycles. The summed E-state index contributed by atoms with van der Waals surface area (Å²) >= 11 is 0. The summed E-state index contributed by atoms with van der Waals surface area (Å²) in [4.78, 5) is 8.47. The Hall–Kier alpha value is -1.36. The second-order valence-corrected chi connectivity index (χ2v) is 4.24. The van der Waals surface area contributed by atoms with Crippen LogP contribution < -0.4 is 10.1 Å². The van der Waals surface area contributed by atoms with Crippen molar-refractivity contribution >= 4 is 5.95 Å². The lowest BCUT2D eigenvalue weighted by Gasteiger charge is -2.34. The highest BCUT2D eigenvalue weighted by molar-refractivity contribution is 5.30. The van der Waals surface area contributed by atoms with Crippen LogP contribution in [0.3, 0.4) is 0 Å². The zero-order valence-corrected chi connectivity index (χ0v) is 10.3. The zero-order valence-electron chi connectivity index (χ0n) is 10.3. The maximum atomic E-state index is 5.46. The number of rotatable bonds is 6. The molecule has 1 aromatic heterocycles. The first kappa shape index (κ1) is 12.1. The predicted molar refractivity (Wildman–Crippen MR) is 65.3 cm³/mol. The van der Waals surface area contributed by atoms with E-state index in [1.807, 2.05) is 0 Å². The third-order valence-corrected chi connectivity index (χ3v) is 2.85. The molecule has 0 aliphatic heterocycles. The second kappa shape index (κ2) is 5.82. The lowest BCUT2D eigenvalue weighted by molar-refractivity contribution is 0.0327. The van der Waals surface area contributed by atoms with Crippen LogP contribution in [0.2, 0.25) is 0 Å². The molecule has 0 saturated heterocycles. The van der Waals surface area contributed by atoms with E-state index in [1.165, 1.54) is 0 Å². The number of hydrogen-bond donors (Lipinski definition) is 1. The van der Waals surface area contributed by atoms with Gasteiger partial charge in [-0.2, -0.15) is 4.98 Å². The molecule has 0 bridgehead atoms. The standard InChI is InChI=1S/C12H19N3O2/c1-3-6-17-11-4-5-13-12(15-11)14-9-7-10(8-9)16-2/h4-5,9-10H,3,6-8H2,1-2H3,(H,13,14,15). The van der Waals surface area contributed by atoms with Gasteiger partial charge < -0.3 is 14.8 Å². The van der Waals surface area contributed by atoms with Gasteiger partial charge in [0.15, 0.2) is 0 Å².